The number of anilines is 1. The lowest BCUT2D eigenvalue weighted by Crippen LogP contribution is -2.27. The smallest absolute Gasteiger partial charge is 0.149 e. The Morgan fingerprint density at radius 2 is 1.95 bits per heavy atom. The van der Waals surface area contributed by atoms with Crippen LogP contribution in [0.2, 0.25) is 0 Å². The van der Waals surface area contributed by atoms with Crippen molar-refractivity contribution in [2.75, 3.05) is 4.90 Å². The fourth-order valence-corrected chi connectivity index (χ4v) is 2.33. The molecule has 3 rings (SSSR count). The Bertz CT molecular complexity index is 571. The van der Waals surface area contributed by atoms with Crippen molar-refractivity contribution in [3.8, 4) is 0 Å². The van der Waals surface area contributed by atoms with Crippen LogP contribution in [0.3, 0.4) is 0 Å². The summed E-state index contributed by atoms with van der Waals surface area (Å²) in [4.78, 5) is 1.70. The van der Waals surface area contributed by atoms with Crippen LogP contribution >= 0.6 is 0 Å². The number of hydrogen-bond donors (Lipinski definition) is 1. The molecule has 0 spiro atoms. The second kappa shape index (κ2) is 5.25. The topological polar surface area (TPSA) is 36.6 Å². The number of benzene rings is 1. The minimum atomic E-state index is -0.646. The van der Waals surface area contributed by atoms with E-state index < -0.39 is 11.6 Å². The molecule has 1 saturated carbocycles. The van der Waals surface area contributed by atoms with Crippen molar-refractivity contribution >= 4 is 5.69 Å². The van der Waals surface area contributed by atoms with Gasteiger partial charge < -0.3 is 14.4 Å². The highest BCUT2D eigenvalue weighted by molar-refractivity contribution is 5.52. The van der Waals surface area contributed by atoms with Crippen molar-refractivity contribution in [2.24, 2.45) is 0 Å². The van der Waals surface area contributed by atoms with Crippen LogP contribution in [0, 0.1) is 11.6 Å². The molecule has 1 aliphatic carbocycles. The zero-order valence-corrected chi connectivity index (χ0v) is 10.9. The number of nitrogens with zero attached hydrogens (tertiary/aromatic N) is 1. The van der Waals surface area contributed by atoms with E-state index in [1.807, 2.05) is 0 Å². The molecular formula is C15H15F2NO2. The number of halogens is 2. The molecule has 2 aromatic rings. The summed E-state index contributed by atoms with van der Waals surface area (Å²) in [6.07, 6.45) is 3.38. The lowest BCUT2D eigenvalue weighted by molar-refractivity contribution is 0.280. The molecule has 5 heteroatoms. The first-order valence-electron chi connectivity index (χ1n) is 6.57. The maximum Gasteiger partial charge on any atom is 0.149 e. The summed E-state index contributed by atoms with van der Waals surface area (Å²) in [7, 11) is 0. The van der Waals surface area contributed by atoms with E-state index in [9.17, 15) is 8.78 Å². The summed E-state index contributed by atoms with van der Waals surface area (Å²) in [5, 5.41) is 8.98. The van der Waals surface area contributed by atoms with Gasteiger partial charge in [-0.1, -0.05) is 0 Å². The monoisotopic (exact) mass is 279 g/mol. The Kier molecular flexibility index (Phi) is 3.44. The third-order valence-corrected chi connectivity index (χ3v) is 3.44. The average Bonchev–Trinajstić information content (AvgIpc) is 3.14. The number of aliphatic hydroxyl groups excluding tert-OH is 1. The van der Waals surface area contributed by atoms with Crippen LogP contribution < -0.4 is 4.90 Å². The molecule has 0 saturated heterocycles. The molecule has 1 aliphatic rings. The van der Waals surface area contributed by atoms with Gasteiger partial charge in [-0.25, -0.2) is 8.78 Å². The molecule has 1 heterocycles. The van der Waals surface area contributed by atoms with E-state index in [0.717, 1.165) is 12.8 Å². The predicted octanol–water partition coefficient (Wildman–Crippen LogP) is 3.22. The highest BCUT2D eigenvalue weighted by atomic mass is 19.1. The summed E-state index contributed by atoms with van der Waals surface area (Å²) in [5.41, 5.74) is 0.193. The van der Waals surface area contributed by atoms with Crippen molar-refractivity contribution < 1.29 is 18.3 Å². The number of aliphatic hydroxyl groups is 1. The average molecular weight is 279 g/mol. The lowest BCUT2D eigenvalue weighted by Gasteiger charge is -2.25. The van der Waals surface area contributed by atoms with E-state index in [0.29, 0.717) is 12.3 Å². The Hall–Kier alpha value is -1.88. The van der Waals surface area contributed by atoms with E-state index in [1.165, 1.54) is 12.1 Å². The molecule has 0 amide bonds. The van der Waals surface area contributed by atoms with Crippen LogP contribution in [0.25, 0.3) is 0 Å². The third kappa shape index (κ3) is 2.54. The van der Waals surface area contributed by atoms with Gasteiger partial charge >= 0.3 is 0 Å². The molecule has 0 bridgehead atoms. The summed E-state index contributed by atoms with van der Waals surface area (Å²) >= 11 is 0. The highest BCUT2D eigenvalue weighted by Gasteiger charge is 2.33. The molecular weight excluding hydrogens is 264 g/mol. The Labute approximate surface area is 115 Å². The fourth-order valence-electron chi connectivity index (χ4n) is 2.33. The highest BCUT2D eigenvalue weighted by Crippen LogP contribution is 2.36. The molecule has 0 unspecified atom stereocenters. The van der Waals surface area contributed by atoms with Crippen LogP contribution in [-0.4, -0.2) is 11.1 Å². The van der Waals surface area contributed by atoms with Gasteiger partial charge in [-0.2, -0.15) is 0 Å². The van der Waals surface area contributed by atoms with Crippen molar-refractivity contribution in [3.63, 3.8) is 0 Å². The number of furan rings is 1. The van der Waals surface area contributed by atoms with Crippen LogP contribution in [0.4, 0.5) is 14.5 Å². The zero-order chi connectivity index (χ0) is 14.1. The van der Waals surface area contributed by atoms with E-state index in [1.54, 1.807) is 23.3 Å². The van der Waals surface area contributed by atoms with Gasteiger partial charge in [-0.05, 0) is 42.7 Å². The molecule has 1 aromatic carbocycles. The molecule has 106 valence electrons. The van der Waals surface area contributed by atoms with Crippen molar-refractivity contribution in [1.82, 2.24) is 0 Å². The molecule has 3 nitrogen and oxygen atoms in total. The maximum atomic E-state index is 14.1. The molecule has 0 atom stereocenters. The van der Waals surface area contributed by atoms with Gasteiger partial charge in [-0.3, -0.25) is 0 Å². The van der Waals surface area contributed by atoms with Crippen LogP contribution in [0.5, 0.6) is 0 Å². The minimum Gasteiger partial charge on any atom is -0.467 e. The first-order valence-corrected chi connectivity index (χ1v) is 6.57. The zero-order valence-electron chi connectivity index (χ0n) is 10.9. The van der Waals surface area contributed by atoms with Crippen molar-refractivity contribution in [1.29, 1.82) is 0 Å². The van der Waals surface area contributed by atoms with Crippen LogP contribution in [0.15, 0.2) is 34.9 Å². The fraction of sp³-hybridized carbons (Fsp3) is 0.333. The van der Waals surface area contributed by atoms with Gasteiger partial charge in [0.15, 0.2) is 0 Å². The molecule has 20 heavy (non-hydrogen) atoms. The van der Waals surface area contributed by atoms with Gasteiger partial charge in [0, 0.05) is 6.04 Å². The Morgan fingerprint density at radius 1 is 1.25 bits per heavy atom. The molecule has 0 aliphatic heterocycles. The van der Waals surface area contributed by atoms with Gasteiger partial charge in [0.05, 0.1) is 19.4 Å². The van der Waals surface area contributed by atoms with Crippen LogP contribution in [0.1, 0.15) is 24.2 Å². The summed E-state index contributed by atoms with van der Waals surface area (Å²) in [5.74, 6) is -0.623. The molecule has 1 fully saturated rings. The summed E-state index contributed by atoms with van der Waals surface area (Å²) < 4.78 is 33.5. The van der Waals surface area contributed by atoms with E-state index in [2.05, 4.69) is 0 Å². The largest absolute Gasteiger partial charge is 0.467 e. The first-order chi connectivity index (χ1) is 9.69. The second-order valence-electron chi connectivity index (χ2n) is 5.00. The Morgan fingerprint density at radius 3 is 2.45 bits per heavy atom. The van der Waals surface area contributed by atoms with Gasteiger partial charge in [0.1, 0.15) is 23.1 Å². The summed E-state index contributed by atoms with van der Waals surface area (Å²) in [6, 6.07) is 6.03. The first kappa shape index (κ1) is 13.1. The normalized spacial score (nSPS) is 14.6. The lowest BCUT2D eigenvalue weighted by atomic mass is 10.1. The standard InChI is InChI=1S/C15H15F2NO2/c16-13-6-10(9-19)7-14(17)15(13)18(11-3-4-11)8-12-2-1-5-20-12/h1-2,5-7,11,19H,3-4,8-9H2. The SMILES string of the molecule is OCc1cc(F)c(N(Cc2ccco2)C2CC2)c(F)c1. The van der Waals surface area contributed by atoms with Gasteiger partial charge in [-0.15, -0.1) is 0 Å². The Balaban J connectivity index is 1.95. The van der Waals surface area contributed by atoms with Crippen molar-refractivity contribution in [2.45, 2.75) is 32.0 Å². The predicted molar refractivity (Wildman–Crippen MR) is 70.2 cm³/mol. The van der Waals surface area contributed by atoms with Crippen LogP contribution in [-0.2, 0) is 13.2 Å². The third-order valence-electron chi connectivity index (χ3n) is 3.44. The minimum absolute atomic E-state index is 0.0406. The molecule has 1 aromatic heterocycles. The van der Waals surface area contributed by atoms with Gasteiger partial charge in [0.2, 0.25) is 0 Å². The second-order valence-corrected chi connectivity index (χ2v) is 5.00. The number of rotatable bonds is 5. The van der Waals surface area contributed by atoms with Crippen molar-refractivity contribution in [3.05, 3.63) is 53.5 Å². The van der Waals surface area contributed by atoms with E-state index in [4.69, 9.17) is 9.52 Å². The molecule has 1 N–H and O–H groups in total. The summed E-state index contributed by atoms with van der Waals surface area (Å²) in [6.45, 7) is -0.0420. The maximum absolute atomic E-state index is 14.1. The quantitative estimate of drug-likeness (QED) is 0.913. The number of hydrogen-bond acceptors (Lipinski definition) is 3. The van der Waals surface area contributed by atoms with Gasteiger partial charge in [0.25, 0.3) is 0 Å². The van der Waals surface area contributed by atoms with E-state index in [-0.39, 0.29) is 23.9 Å². The molecule has 0 radical (unpaired) electrons. The van der Waals surface area contributed by atoms with E-state index >= 15 is 0 Å².